The summed E-state index contributed by atoms with van der Waals surface area (Å²) in [5.41, 5.74) is 0. The molecule has 0 aromatic carbocycles. The van der Waals surface area contributed by atoms with E-state index in [0.717, 1.165) is 77.0 Å². The van der Waals surface area contributed by atoms with E-state index in [1.807, 2.05) is 0 Å². The fraction of sp³-hybridized carbons (Fsp3) is 0.960. The van der Waals surface area contributed by atoms with Crippen molar-refractivity contribution in [2.24, 2.45) is 0 Å². The maximum absolute atomic E-state index is 12.9. The van der Waals surface area contributed by atoms with E-state index in [1.54, 1.807) is 0 Å². The van der Waals surface area contributed by atoms with Crippen molar-refractivity contribution in [1.29, 1.82) is 0 Å². The molecule has 0 N–H and O–H groups in total. The lowest BCUT2D eigenvalue weighted by Crippen LogP contribution is -2.24. The van der Waals surface area contributed by atoms with Gasteiger partial charge in [0.05, 0.1) is 18.1 Å². The highest BCUT2D eigenvalue weighted by Gasteiger charge is 2.24. The van der Waals surface area contributed by atoms with Gasteiger partial charge in [0.15, 0.2) is 9.84 Å². The lowest BCUT2D eigenvalue weighted by molar-refractivity contribution is -0.140. The van der Waals surface area contributed by atoms with E-state index in [9.17, 15) is 13.2 Å². The van der Waals surface area contributed by atoms with Crippen LogP contribution in [0, 0.1) is 0 Å². The molecule has 5 heteroatoms. The third-order valence-corrected chi connectivity index (χ3v) is 8.40. The summed E-state index contributed by atoms with van der Waals surface area (Å²) in [6, 6.07) is 0. The van der Waals surface area contributed by atoms with Gasteiger partial charge in [-0.25, -0.2) is 8.42 Å². The third kappa shape index (κ3) is 17.1. The molecule has 0 aliphatic rings. The van der Waals surface area contributed by atoms with Gasteiger partial charge in [0.2, 0.25) is 0 Å². The highest BCUT2D eigenvalue weighted by molar-refractivity contribution is 7.92. The summed E-state index contributed by atoms with van der Waals surface area (Å²) < 4.78 is 30.5. The summed E-state index contributed by atoms with van der Waals surface area (Å²) in [7, 11) is -1.55. The van der Waals surface area contributed by atoms with Crippen molar-refractivity contribution in [3.05, 3.63) is 0 Å². The highest BCUT2D eigenvalue weighted by atomic mass is 32.2. The number of ether oxygens (including phenoxy) is 1. The monoisotopic (exact) mass is 446 g/mol. The van der Waals surface area contributed by atoms with Crippen LogP contribution in [-0.4, -0.2) is 32.5 Å². The molecule has 1 atom stereocenters. The van der Waals surface area contributed by atoms with E-state index in [2.05, 4.69) is 18.6 Å². The zero-order valence-electron chi connectivity index (χ0n) is 20.3. The molecular formula is C25H50O4S. The average molecular weight is 447 g/mol. The molecule has 0 aromatic rings. The van der Waals surface area contributed by atoms with E-state index >= 15 is 0 Å². The van der Waals surface area contributed by atoms with Crippen molar-refractivity contribution in [2.75, 3.05) is 12.9 Å². The van der Waals surface area contributed by atoms with Crippen LogP contribution in [0.25, 0.3) is 0 Å². The zero-order chi connectivity index (χ0) is 22.5. The van der Waals surface area contributed by atoms with E-state index in [1.165, 1.54) is 45.6 Å². The van der Waals surface area contributed by atoms with Gasteiger partial charge in [-0.3, -0.25) is 4.79 Å². The molecular weight excluding hydrogens is 396 g/mol. The van der Waals surface area contributed by atoms with Gasteiger partial charge in [0, 0.05) is 6.42 Å². The molecule has 0 radical (unpaired) electrons. The first-order valence-corrected chi connectivity index (χ1v) is 14.5. The van der Waals surface area contributed by atoms with E-state index < -0.39 is 9.84 Å². The van der Waals surface area contributed by atoms with Crippen molar-refractivity contribution in [1.82, 2.24) is 0 Å². The molecule has 4 nitrogen and oxygen atoms in total. The van der Waals surface area contributed by atoms with Crippen LogP contribution < -0.4 is 0 Å². The fourth-order valence-corrected chi connectivity index (χ4v) is 5.99. The van der Waals surface area contributed by atoms with Crippen molar-refractivity contribution in [3.63, 3.8) is 0 Å². The number of hydrogen-bond donors (Lipinski definition) is 0. The predicted octanol–water partition coefficient (Wildman–Crippen LogP) is 7.39. The van der Waals surface area contributed by atoms with Crippen LogP contribution in [0.2, 0.25) is 0 Å². The van der Waals surface area contributed by atoms with Crippen LogP contribution in [0.15, 0.2) is 0 Å². The Morgan fingerprint density at radius 1 is 0.667 bits per heavy atom. The Labute approximate surface area is 187 Å². The third-order valence-electron chi connectivity index (χ3n) is 6.05. The minimum Gasteiger partial charge on any atom is -0.469 e. The molecule has 30 heavy (non-hydrogen) atoms. The summed E-state index contributed by atoms with van der Waals surface area (Å²) in [5, 5.41) is -0.148. The molecule has 0 aromatic heterocycles. The molecule has 0 aliphatic carbocycles. The average Bonchev–Trinajstić information content (AvgIpc) is 2.73. The van der Waals surface area contributed by atoms with Gasteiger partial charge in [-0.05, 0) is 25.7 Å². The molecule has 0 aliphatic heterocycles. The quantitative estimate of drug-likeness (QED) is 0.128. The van der Waals surface area contributed by atoms with E-state index in [4.69, 9.17) is 0 Å². The van der Waals surface area contributed by atoms with Crippen molar-refractivity contribution < 1.29 is 17.9 Å². The number of esters is 1. The summed E-state index contributed by atoms with van der Waals surface area (Å²) in [6.07, 6.45) is 19.9. The van der Waals surface area contributed by atoms with Gasteiger partial charge in [-0.1, -0.05) is 104 Å². The Morgan fingerprint density at radius 2 is 1.10 bits per heavy atom. The maximum Gasteiger partial charge on any atom is 0.305 e. The number of rotatable bonds is 22. The second-order valence-corrected chi connectivity index (χ2v) is 11.2. The predicted molar refractivity (Wildman–Crippen MR) is 129 cm³/mol. The second kappa shape index (κ2) is 20.3. The standard InChI is InChI=1S/C25H50O4S/c1-4-6-8-10-11-13-16-20-24(30(27,28)23-19-9-7-5-2)21-17-14-12-15-18-22-25(26)29-3/h24H,4-23H2,1-3H3. The molecule has 0 saturated carbocycles. The molecule has 0 fully saturated rings. The number of methoxy groups -OCH3 is 1. The normalized spacial score (nSPS) is 12.8. The Morgan fingerprint density at radius 3 is 1.60 bits per heavy atom. The van der Waals surface area contributed by atoms with Crippen LogP contribution in [0.4, 0.5) is 0 Å². The topological polar surface area (TPSA) is 60.4 Å². The first kappa shape index (κ1) is 29.4. The molecule has 0 spiro atoms. The Kier molecular flexibility index (Phi) is 19.9. The number of carbonyl (C=O) groups is 1. The summed E-state index contributed by atoms with van der Waals surface area (Å²) in [4.78, 5) is 11.1. The van der Waals surface area contributed by atoms with Crippen molar-refractivity contribution in [3.8, 4) is 0 Å². The van der Waals surface area contributed by atoms with Crippen molar-refractivity contribution in [2.45, 2.75) is 141 Å². The molecule has 0 rings (SSSR count). The van der Waals surface area contributed by atoms with Crippen molar-refractivity contribution >= 4 is 15.8 Å². The molecule has 0 saturated heterocycles. The number of sulfone groups is 1. The SMILES string of the molecule is CCCCCCCCCC(CCCCCCCC(=O)OC)S(=O)(=O)CCCCCC. The number of unbranched alkanes of at least 4 members (excludes halogenated alkanes) is 13. The number of carbonyl (C=O) groups excluding carboxylic acids is 1. The lowest BCUT2D eigenvalue weighted by atomic mass is 10.0. The van der Waals surface area contributed by atoms with Gasteiger partial charge < -0.3 is 4.74 Å². The van der Waals surface area contributed by atoms with Crippen LogP contribution in [-0.2, 0) is 19.4 Å². The first-order chi connectivity index (χ1) is 14.5. The van der Waals surface area contributed by atoms with Crippen LogP contribution in [0.5, 0.6) is 0 Å². The van der Waals surface area contributed by atoms with Gasteiger partial charge in [0.1, 0.15) is 0 Å². The Hall–Kier alpha value is -0.580. The van der Waals surface area contributed by atoms with E-state index in [0.29, 0.717) is 12.2 Å². The largest absolute Gasteiger partial charge is 0.469 e. The molecule has 180 valence electrons. The lowest BCUT2D eigenvalue weighted by Gasteiger charge is -2.18. The van der Waals surface area contributed by atoms with Gasteiger partial charge >= 0.3 is 5.97 Å². The smallest absolute Gasteiger partial charge is 0.305 e. The minimum absolute atomic E-state index is 0.140. The minimum atomic E-state index is -2.98. The van der Waals surface area contributed by atoms with Crippen LogP contribution in [0.3, 0.4) is 0 Å². The molecule has 0 heterocycles. The fourth-order valence-electron chi connectivity index (χ4n) is 4.00. The Bertz CT molecular complexity index is 487. The second-order valence-electron chi connectivity index (χ2n) is 8.84. The molecule has 0 amide bonds. The van der Waals surface area contributed by atoms with Gasteiger partial charge in [-0.2, -0.15) is 0 Å². The van der Waals surface area contributed by atoms with Gasteiger partial charge in [-0.15, -0.1) is 0 Å². The van der Waals surface area contributed by atoms with Crippen LogP contribution >= 0.6 is 0 Å². The summed E-state index contributed by atoms with van der Waals surface area (Å²) in [5.74, 6) is 0.228. The summed E-state index contributed by atoms with van der Waals surface area (Å²) in [6.45, 7) is 4.39. The highest BCUT2D eigenvalue weighted by Crippen LogP contribution is 2.22. The number of hydrogen-bond acceptors (Lipinski definition) is 4. The van der Waals surface area contributed by atoms with Crippen LogP contribution in [0.1, 0.15) is 136 Å². The first-order valence-electron chi connectivity index (χ1n) is 12.8. The molecule has 0 bridgehead atoms. The Balaban J connectivity index is 4.27. The van der Waals surface area contributed by atoms with Gasteiger partial charge in [0.25, 0.3) is 0 Å². The maximum atomic E-state index is 12.9. The summed E-state index contributed by atoms with van der Waals surface area (Å²) >= 11 is 0. The zero-order valence-corrected chi connectivity index (χ0v) is 21.1. The van der Waals surface area contributed by atoms with E-state index in [-0.39, 0.29) is 11.2 Å². The molecule has 1 unspecified atom stereocenters.